The van der Waals surface area contributed by atoms with Gasteiger partial charge in [0, 0.05) is 22.5 Å². The summed E-state index contributed by atoms with van der Waals surface area (Å²) in [4.78, 5) is 12.1. The zero-order chi connectivity index (χ0) is 16.6. The number of nitrogens with one attached hydrogen (secondary N) is 2. The highest BCUT2D eigenvalue weighted by atomic mass is 32.2. The van der Waals surface area contributed by atoms with Gasteiger partial charge in [-0.1, -0.05) is 23.8 Å². The van der Waals surface area contributed by atoms with E-state index in [0.717, 1.165) is 5.57 Å². The zero-order valence-corrected chi connectivity index (χ0v) is 13.6. The Morgan fingerprint density at radius 2 is 1.74 bits per heavy atom. The second-order valence-corrected chi connectivity index (χ2v) is 7.19. The summed E-state index contributed by atoms with van der Waals surface area (Å²) in [6, 6.07) is 13.3. The summed E-state index contributed by atoms with van der Waals surface area (Å²) in [6.07, 6.45) is 0. The number of hydrogen-bond acceptors (Lipinski definition) is 3. The summed E-state index contributed by atoms with van der Waals surface area (Å²) in [5.41, 5.74) is 3.10. The van der Waals surface area contributed by atoms with Crippen LogP contribution in [0.3, 0.4) is 0 Å². The Bertz CT molecular complexity index is 912. The van der Waals surface area contributed by atoms with Crippen LogP contribution in [0.25, 0.3) is 5.57 Å². The van der Waals surface area contributed by atoms with Gasteiger partial charge < -0.3 is 5.32 Å². The number of sulfonamides is 1. The average molecular weight is 328 g/mol. The van der Waals surface area contributed by atoms with E-state index >= 15 is 0 Å². The number of anilines is 2. The minimum absolute atomic E-state index is 0.121. The Kier molecular flexibility index (Phi) is 3.69. The Morgan fingerprint density at radius 3 is 2.39 bits per heavy atom. The van der Waals surface area contributed by atoms with Crippen molar-refractivity contribution in [3.63, 3.8) is 0 Å². The molecule has 0 saturated carbocycles. The summed E-state index contributed by atoms with van der Waals surface area (Å²) in [6.45, 7) is 3.65. The molecule has 2 aromatic carbocycles. The predicted molar refractivity (Wildman–Crippen MR) is 90.6 cm³/mol. The fraction of sp³-hybridized carbons (Fsp3) is 0.118. The predicted octanol–water partition coefficient (Wildman–Crippen LogP) is 3.23. The molecule has 1 heterocycles. The molecule has 0 spiro atoms. The summed E-state index contributed by atoms with van der Waals surface area (Å²) in [7, 11) is -3.71. The second kappa shape index (κ2) is 5.55. The first kappa shape index (κ1) is 15.3. The lowest BCUT2D eigenvalue weighted by Gasteiger charge is -2.09. The van der Waals surface area contributed by atoms with Crippen LogP contribution in [0.1, 0.15) is 19.4 Å². The molecule has 0 bridgehead atoms. The summed E-state index contributed by atoms with van der Waals surface area (Å²) < 4.78 is 27.6. The summed E-state index contributed by atoms with van der Waals surface area (Å²) in [5, 5.41) is 2.75. The maximum Gasteiger partial charge on any atom is 0.261 e. The van der Waals surface area contributed by atoms with Gasteiger partial charge in [0.2, 0.25) is 0 Å². The van der Waals surface area contributed by atoms with E-state index in [2.05, 4.69) is 10.0 Å². The molecule has 1 aliphatic rings. The van der Waals surface area contributed by atoms with E-state index in [1.54, 1.807) is 30.3 Å². The van der Waals surface area contributed by atoms with Crippen molar-refractivity contribution < 1.29 is 13.2 Å². The quantitative estimate of drug-likeness (QED) is 0.849. The summed E-state index contributed by atoms with van der Waals surface area (Å²) >= 11 is 0. The van der Waals surface area contributed by atoms with Crippen molar-refractivity contribution in [3.05, 3.63) is 59.7 Å². The van der Waals surface area contributed by atoms with Crippen molar-refractivity contribution in [2.45, 2.75) is 18.7 Å². The standard InChI is InChI=1S/C17H16N2O3S/c1-11(2)16-14-10-13(8-9-15(14)18-17(16)20)23(21,22)19-12-6-4-3-5-7-12/h3-10,19H,1-2H3,(H,18,20). The molecule has 0 aliphatic carbocycles. The van der Waals surface area contributed by atoms with Crippen molar-refractivity contribution in [2.75, 3.05) is 10.0 Å². The number of amides is 1. The Labute approximate surface area is 135 Å². The molecule has 0 saturated heterocycles. The van der Waals surface area contributed by atoms with Gasteiger partial charge >= 0.3 is 0 Å². The maximum absolute atomic E-state index is 12.5. The molecule has 0 unspecified atom stereocenters. The monoisotopic (exact) mass is 328 g/mol. The van der Waals surface area contributed by atoms with Crippen LogP contribution in [0.2, 0.25) is 0 Å². The highest BCUT2D eigenvalue weighted by Gasteiger charge is 2.27. The minimum Gasteiger partial charge on any atom is -0.321 e. The molecule has 0 radical (unpaired) electrons. The Balaban J connectivity index is 2.03. The number of hydrogen-bond donors (Lipinski definition) is 2. The number of carbonyl (C=O) groups excluding carboxylic acids is 1. The third kappa shape index (κ3) is 2.85. The molecule has 6 heteroatoms. The molecule has 0 aromatic heterocycles. The fourth-order valence-electron chi connectivity index (χ4n) is 2.53. The van der Waals surface area contributed by atoms with Gasteiger partial charge in [-0.15, -0.1) is 0 Å². The van der Waals surface area contributed by atoms with E-state index in [-0.39, 0.29) is 10.8 Å². The van der Waals surface area contributed by atoms with Gasteiger partial charge in [-0.05, 0) is 44.2 Å². The first-order valence-electron chi connectivity index (χ1n) is 7.09. The van der Waals surface area contributed by atoms with E-state index < -0.39 is 10.0 Å². The molecular formula is C17H16N2O3S. The molecular weight excluding hydrogens is 312 g/mol. The van der Waals surface area contributed by atoms with E-state index in [1.165, 1.54) is 12.1 Å². The van der Waals surface area contributed by atoms with E-state index in [4.69, 9.17) is 0 Å². The molecule has 1 aliphatic heterocycles. The number of fused-ring (bicyclic) bond motifs is 1. The Morgan fingerprint density at radius 1 is 1.04 bits per heavy atom. The highest BCUT2D eigenvalue weighted by molar-refractivity contribution is 7.92. The van der Waals surface area contributed by atoms with E-state index in [0.29, 0.717) is 22.5 Å². The summed E-state index contributed by atoms with van der Waals surface area (Å²) in [5.74, 6) is -0.203. The van der Waals surface area contributed by atoms with Gasteiger partial charge in [0.05, 0.1) is 4.90 Å². The molecule has 5 nitrogen and oxygen atoms in total. The van der Waals surface area contributed by atoms with Gasteiger partial charge in [0.15, 0.2) is 0 Å². The topological polar surface area (TPSA) is 75.3 Å². The van der Waals surface area contributed by atoms with Crippen LogP contribution in [0.4, 0.5) is 11.4 Å². The van der Waals surface area contributed by atoms with Gasteiger partial charge in [-0.2, -0.15) is 0 Å². The fourth-order valence-corrected chi connectivity index (χ4v) is 3.61. The zero-order valence-electron chi connectivity index (χ0n) is 12.8. The Hall–Kier alpha value is -2.60. The van der Waals surface area contributed by atoms with Crippen molar-refractivity contribution in [2.24, 2.45) is 0 Å². The van der Waals surface area contributed by atoms with Crippen molar-refractivity contribution >= 4 is 32.9 Å². The number of carbonyl (C=O) groups is 1. The van der Waals surface area contributed by atoms with Crippen LogP contribution in [0.5, 0.6) is 0 Å². The number of rotatable bonds is 3. The smallest absolute Gasteiger partial charge is 0.261 e. The van der Waals surface area contributed by atoms with Crippen LogP contribution in [0, 0.1) is 0 Å². The van der Waals surface area contributed by atoms with Crippen molar-refractivity contribution in [3.8, 4) is 0 Å². The lowest BCUT2D eigenvalue weighted by atomic mass is 10.0. The molecule has 23 heavy (non-hydrogen) atoms. The maximum atomic E-state index is 12.5. The third-order valence-corrected chi connectivity index (χ3v) is 4.95. The van der Waals surface area contributed by atoms with Gasteiger partial charge in [0.1, 0.15) is 0 Å². The largest absolute Gasteiger partial charge is 0.321 e. The van der Waals surface area contributed by atoms with Crippen LogP contribution in [0.15, 0.2) is 59.0 Å². The molecule has 2 aromatic rings. The van der Waals surface area contributed by atoms with Crippen LogP contribution in [-0.4, -0.2) is 14.3 Å². The van der Waals surface area contributed by atoms with Gasteiger partial charge in [-0.3, -0.25) is 9.52 Å². The normalized spacial score (nSPS) is 13.5. The molecule has 118 valence electrons. The van der Waals surface area contributed by atoms with E-state index in [9.17, 15) is 13.2 Å². The molecule has 0 atom stereocenters. The lowest BCUT2D eigenvalue weighted by molar-refractivity contribution is -0.110. The number of para-hydroxylation sites is 1. The SMILES string of the molecule is CC(C)=C1C(=O)Nc2ccc(S(=O)(=O)Nc3ccccc3)cc21. The lowest BCUT2D eigenvalue weighted by Crippen LogP contribution is -2.13. The number of benzene rings is 2. The number of allylic oxidation sites excluding steroid dienone is 1. The minimum atomic E-state index is -3.71. The van der Waals surface area contributed by atoms with Crippen LogP contribution < -0.4 is 10.0 Å². The van der Waals surface area contributed by atoms with Crippen molar-refractivity contribution in [1.29, 1.82) is 0 Å². The third-order valence-electron chi connectivity index (χ3n) is 3.57. The first-order valence-corrected chi connectivity index (χ1v) is 8.58. The molecule has 3 rings (SSSR count). The molecule has 2 N–H and O–H groups in total. The highest BCUT2D eigenvalue weighted by Crippen LogP contribution is 2.35. The van der Waals surface area contributed by atoms with E-state index in [1.807, 2.05) is 19.9 Å². The molecule has 1 amide bonds. The van der Waals surface area contributed by atoms with Crippen LogP contribution >= 0.6 is 0 Å². The van der Waals surface area contributed by atoms with Crippen LogP contribution in [-0.2, 0) is 14.8 Å². The average Bonchev–Trinajstić information content (AvgIpc) is 2.82. The van der Waals surface area contributed by atoms with Gasteiger partial charge in [0.25, 0.3) is 15.9 Å². The molecule has 0 fully saturated rings. The van der Waals surface area contributed by atoms with Crippen molar-refractivity contribution in [1.82, 2.24) is 0 Å². The first-order chi connectivity index (χ1) is 10.9. The second-order valence-electron chi connectivity index (χ2n) is 5.51. The van der Waals surface area contributed by atoms with Gasteiger partial charge in [-0.25, -0.2) is 8.42 Å².